The molecule has 1 heterocycles. The average Bonchev–Trinajstić information content (AvgIpc) is 2.53. The topological polar surface area (TPSA) is 26.0 Å². The number of halogens is 4. The van der Waals surface area contributed by atoms with E-state index in [9.17, 15) is 8.78 Å². The molecule has 2 nitrogen and oxygen atoms in total. The van der Waals surface area contributed by atoms with Crippen LogP contribution in [0.5, 0.6) is 0 Å². The summed E-state index contributed by atoms with van der Waals surface area (Å²) < 4.78 is 31.9. The van der Waals surface area contributed by atoms with E-state index < -0.39 is 11.6 Å². The Labute approximate surface area is 101 Å². The molecule has 0 unspecified atom stereocenters. The number of hydrogen-bond acceptors (Lipinski definition) is 2. The second-order valence-electron chi connectivity index (χ2n) is 2.72. The van der Waals surface area contributed by atoms with Gasteiger partial charge in [-0.15, -0.1) is 0 Å². The van der Waals surface area contributed by atoms with Crippen LogP contribution < -0.4 is 0 Å². The molecule has 0 aliphatic heterocycles. The Balaban J connectivity index is 2.64. The van der Waals surface area contributed by atoms with Gasteiger partial charge in [0, 0.05) is 5.56 Å². The predicted octanol–water partition coefficient (Wildman–Crippen LogP) is 4.14. The van der Waals surface area contributed by atoms with E-state index in [-0.39, 0.29) is 11.3 Å². The third-order valence-electron chi connectivity index (χ3n) is 1.80. The van der Waals surface area contributed by atoms with Crippen molar-refractivity contribution < 1.29 is 13.3 Å². The molecule has 0 N–H and O–H groups in total. The van der Waals surface area contributed by atoms with Gasteiger partial charge in [-0.05, 0) is 44.0 Å². The van der Waals surface area contributed by atoms with Crippen molar-refractivity contribution in [2.45, 2.75) is 0 Å². The smallest absolute Gasteiger partial charge is 0.216 e. The Morgan fingerprint density at radius 1 is 1.20 bits per heavy atom. The van der Waals surface area contributed by atoms with Gasteiger partial charge in [0.25, 0.3) is 0 Å². The first kappa shape index (κ1) is 10.8. The fourth-order valence-corrected chi connectivity index (χ4v) is 1.73. The van der Waals surface area contributed by atoms with Crippen molar-refractivity contribution in [3.8, 4) is 11.3 Å². The van der Waals surface area contributed by atoms with Crippen molar-refractivity contribution in [1.82, 2.24) is 5.16 Å². The van der Waals surface area contributed by atoms with E-state index in [2.05, 4.69) is 37.0 Å². The summed E-state index contributed by atoms with van der Waals surface area (Å²) in [5, 5.41) is 3.61. The van der Waals surface area contributed by atoms with Gasteiger partial charge in [0.05, 0.1) is 0 Å². The monoisotopic (exact) mass is 337 g/mol. The minimum Gasteiger partial charge on any atom is -0.347 e. The second kappa shape index (κ2) is 4.02. The molecule has 0 saturated carbocycles. The number of rotatable bonds is 1. The summed E-state index contributed by atoms with van der Waals surface area (Å²) in [5.41, 5.74) is 0.273. The summed E-state index contributed by atoms with van der Waals surface area (Å²) in [7, 11) is 0. The first-order valence-corrected chi connectivity index (χ1v) is 5.45. The molecule has 2 rings (SSSR count). The molecule has 0 saturated heterocycles. The quantitative estimate of drug-likeness (QED) is 0.780. The minimum absolute atomic E-state index is 0.0522. The van der Waals surface area contributed by atoms with Crippen LogP contribution in [0.25, 0.3) is 11.3 Å². The number of aromatic nitrogens is 1. The van der Waals surface area contributed by atoms with Gasteiger partial charge in [-0.1, -0.05) is 11.2 Å². The Morgan fingerprint density at radius 2 is 1.93 bits per heavy atom. The fourth-order valence-electron chi connectivity index (χ4n) is 1.11. The fraction of sp³-hybridized carbons (Fsp3) is 0. The first-order chi connectivity index (χ1) is 7.11. The summed E-state index contributed by atoms with van der Waals surface area (Å²) in [5.74, 6) is -1.86. The van der Waals surface area contributed by atoms with Crippen LogP contribution in [0, 0.1) is 11.6 Å². The molecular weight excluding hydrogens is 336 g/mol. The molecule has 0 atom stereocenters. The largest absolute Gasteiger partial charge is 0.347 e. The van der Waals surface area contributed by atoms with E-state index in [1.807, 2.05) is 0 Å². The molecule has 2 aromatic rings. The van der Waals surface area contributed by atoms with Crippen molar-refractivity contribution >= 4 is 31.9 Å². The Bertz CT molecular complexity index is 513. The van der Waals surface area contributed by atoms with E-state index in [1.54, 1.807) is 0 Å². The maximum atomic E-state index is 13.4. The van der Waals surface area contributed by atoms with E-state index in [0.717, 1.165) is 6.07 Å². The van der Waals surface area contributed by atoms with Gasteiger partial charge in [-0.25, -0.2) is 8.78 Å². The molecule has 0 aliphatic rings. The summed E-state index contributed by atoms with van der Waals surface area (Å²) >= 11 is 6.22. The van der Waals surface area contributed by atoms with Crippen molar-refractivity contribution in [3.05, 3.63) is 39.0 Å². The summed E-state index contributed by atoms with van der Waals surface area (Å²) in [6, 6.07) is 3.87. The SMILES string of the molecule is Fc1cccc(-c2noc(Br)c2Br)c1F. The summed E-state index contributed by atoms with van der Waals surface area (Å²) in [6.07, 6.45) is 0. The lowest BCUT2D eigenvalue weighted by molar-refractivity contribution is 0.401. The molecular formula is C9H3Br2F2NO. The van der Waals surface area contributed by atoms with Crippen LogP contribution in [0.15, 0.2) is 31.9 Å². The van der Waals surface area contributed by atoms with Crippen molar-refractivity contribution in [2.75, 3.05) is 0 Å². The van der Waals surface area contributed by atoms with Gasteiger partial charge >= 0.3 is 0 Å². The molecule has 0 aliphatic carbocycles. The number of nitrogens with zero attached hydrogens (tertiary/aromatic N) is 1. The standard InChI is InChI=1S/C9H3Br2F2NO/c10-6-8(14-15-9(6)11)4-2-1-3-5(12)7(4)13/h1-3H. The molecule has 0 radical (unpaired) electrons. The predicted molar refractivity (Wildman–Crippen MR) is 57.3 cm³/mol. The van der Waals surface area contributed by atoms with Crippen LogP contribution in [0.2, 0.25) is 0 Å². The van der Waals surface area contributed by atoms with Crippen molar-refractivity contribution in [2.24, 2.45) is 0 Å². The Hall–Kier alpha value is -0.750. The zero-order chi connectivity index (χ0) is 11.0. The third kappa shape index (κ3) is 1.83. The molecule has 6 heteroatoms. The Morgan fingerprint density at radius 3 is 2.53 bits per heavy atom. The molecule has 0 amide bonds. The molecule has 1 aromatic carbocycles. The van der Waals surface area contributed by atoms with Crippen LogP contribution >= 0.6 is 31.9 Å². The van der Waals surface area contributed by atoms with Crippen LogP contribution in [0.3, 0.4) is 0 Å². The van der Waals surface area contributed by atoms with Gasteiger partial charge in [0.2, 0.25) is 4.67 Å². The third-order valence-corrected chi connectivity index (χ3v) is 3.61. The summed E-state index contributed by atoms with van der Waals surface area (Å²) in [4.78, 5) is 0. The molecule has 0 spiro atoms. The lowest BCUT2D eigenvalue weighted by Gasteiger charge is -1.99. The highest BCUT2D eigenvalue weighted by Gasteiger charge is 2.18. The minimum atomic E-state index is -0.945. The zero-order valence-electron chi connectivity index (χ0n) is 7.10. The molecule has 78 valence electrons. The maximum Gasteiger partial charge on any atom is 0.216 e. The highest BCUT2D eigenvalue weighted by atomic mass is 79.9. The highest BCUT2D eigenvalue weighted by molar-refractivity contribution is 9.13. The van der Waals surface area contributed by atoms with Gasteiger partial charge < -0.3 is 4.52 Å². The van der Waals surface area contributed by atoms with Crippen LogP contribution in [0.4, 0.5) is 8.78 Å². The van der Waals surface area contributed by atoms with Crippen LogP contribution in [-0.2, 0) is 0 Å². The highest BCUT2D eigenvalue weighted by Crippen LogP contribution is 2.35. The molecule has 15 heavy (non-hydrogen) atoms. The average molecular weight is 339 g/mol. The van der Waals surface area contributed by atoms with Crippen molar-refractivity contribution in [1.29, 1.82) is 0 Å². The Kier molecular flexibility index (Phi) is 2.88. The van der Waals surface area contributed by atoms with Gasteiger partial charge in [0.15, 0.2) is 11.6 Å². The van der Waals surface area contributed by atoms with E-state index in [1.165, 1.54) is 12.1 Å². The van der Waals surface area contributed by atoms with E-state index in [4.69, 9.17) is 4.52 Å². The number of benzene rings is 1. The molecule has 0 bridgehead atoms. The summed E-state index contributed by atoms with van der Waals surface area (Å²) in [6.45, 7) is 0. The lowest BCUT2D eigenvalue weighted by atomic mass is 10.1. The normalized spacial score (nSPS) is 10.7. The molecule has 0 fully saturated rings. The second-order valence-corrected chi connectivity index (χ2v) is 4.23. The van der Waals surface area contributed by atoms with E-state index in [0.29, 0.717) is 9.14 Å². The number of hydrogen-bond donors (Lipinski definition) is 0. The lowest BCUT2D eigenvalue weighted by Crippen LogP contribution is -1.89. The van der Waals surface area contributed by atoms with Gasteiger partial charge in [-0.2, -0.15) is 0 Å². The zero-order valence-corrected chi connectivity index (χ0v) is 10.3. The molecule has 1 aromatic heterocycles. The first-order valence-electron chi connectivity index (χ1n) is 3.86. The maximum absolute atomic E-state index is 13.4. The van der Waals surface area contributed by atoms with Crippen LogP contribution in [-0.4, -0.2) is 5.16 Å². The van der Waals surface area contributed by atoms with Gasteiger partial charge in [-0.3, -0.25) is 0 Å². The van der Waals surface area contributed by atoms with E-state index >= 15 is 0 Å². The van der Waals surface area contributed by atoms with Gasteiger partial charge in [0.1, 0.15) is 10.2 Å². The van der Waals surface area contributed by atoms with Crippen molar-refractivity contribution in [3.63, 3.8) is 0 Å². The van der Waals surface area contributed by atoms with Crippen LogP contribution in [0.1, 0.15) is 0 Å².